The van der Waals surface area contributed by atoms with Crippen LogP contribution in [0.4, 0.5) is 0 Å². The van der Waals surface area contributed by atoms with Gasteiger partial charge >= 0.3 is 0 Å². The number of hydrogen-bond acceptors (Lipinski definition) is 3. The fourth-order valence-electron chi connectivity index (χ4n) is 2.56. The third-order valence-electron chi connectivity index (χ3n) is 3.83. The first-order valence-corrected chi connectivity index (χ1v) is 8.48. The number of rotatable bonds is 5. The van der Waals surface area contributed by atoms with Gasteiger partial charge in [0.25, 0.3) is 0 Å². The Kier molecular flexibility index (Phi) is 6.02. The molecule has 1 N–H and O–H groups in total. The lowest BCUT2D eigenvalue weighted by molar-refractivity contribution is 0.220. The average Bonchev–Trinajstić information content (AvgIpc) is 2.43. The molecule has 106 valence electrons. The van der Waals surface area contributed by atoms with Gasteiger partial charge < -0.3 is 5.32 Å². The Bertz CT molecular complexity index is 382. The molecule has 1 aliphatic heterocycles. The number of benzene rings is 1. The van der Waals surface area contributed by atoms with Crippen molar-refractivity contribution in [3.63, 3.8) is 0 Å². The molecule has 1 aromatic rings. The summed E-state index contributed by atoms with van der Waals surface area (Å²) in [5.74, 6) is 2.54. The van der Waals surface area contributed by atoms with Gasteiger partial charge in [-0.25, -0.2) is 0 Å². The third-order valence-corrected chi connectivity index (χ3v) is 5.27. The fraction of sp³-hybridized carbons (Fsp3) is 0.600. The molecule has 0 saturated carbocycles. The maximum atomic E-state index is 5.95. The van der Waals surface area contributed by atoms with E-state index in [1.165, 1.54) is 23.6 Å². The molecule has 1 aromatic carbocycles. The summed E-state index contributed by atoms with van der Waals surface area (Å²) in [5, 5.41) is 4.22. The molecule has 1 aliphatic rings. The minimum Gasteiger partial charge on any atom is -0.313 e. The van der Waals surface area contributed by atoms with Gasteiger partial charge in [-0.1, -0.05) is 23.7 Å². The maximum absolute atomic E-state index is 5.95. The standard InChI is InChI=1S/C15H23ClN2S/c1-12-11-19-10-9-18(12)8-7-15(17-2)13-3-5-14(16)6-4-13/h3-6,12,15,17H,7-11H2,1-2H3. The van der Waals surface area contributed by atoms with Gasteiger partial charge in [-0.3, -0.25) is 4.90 Å². The van der Waals surface area contributed by atoms with Crippen molar-refractivity contribution in [2.45, 2.75) is 25.4 Å². The van der Waals surface area contributed by atoms with Crippen molar-refractivity contribution in [1.82, 2.24) is 10.2 Å². The predicted octanol–water partition coefficient (Wildman–Crippen LogP) is 3.43. The highest BCUT2D eigenvalue weighted by Gasteiger charge is 2.19. The van der Waals surface area contributed by atoms with E-state index in [4.69, 9.17) is 11.6 Å². The summed E-state index contributed by atoms with van der Waals surface area (Å²) >= 11 is 8.02. The van der Waals surface area contributed by atoms with Crippen LogP contribution in [0, 0.1) is 0 Å². The van der Waals surface area contributed by atoms with Gasteiger partial charge in [0.15, 0.2) is 0 Å². The summed E-state index contributed by atoms with van der Waals surface area (Å²) in [7, 11) is 2.04. The monoisotopic (exact) mass is 298 g/mol. The Labute approximate surface area is 125 Å². The lowest BCUT2D eigenvalue weighted by atomic mass is 10.0. The van der Waals surface area contributed by atoms with Crippen LogP contribution in [0.1, 0.15) is 24.9 Å². The molecular formula is C15H23ClN2S. The molecule has 2 nitrogen and oxygen atoms in total. The lowest BCUT2D eigenvalue weighted by Crippen LogP contribution is -2.41. The number of nitrogens with one attached hydrogen (secondary N) is 1. The van der Waals surface area contributed by atoms with Crippen LogP contribution in [0.5, 0.6) is 0 Å². The zero-order valence-corrected chi connectivity index (χ0v) is 13.3. The second-order valence-corrected chi connectivity index (χ2v) is 6.73. The van der Waals surface area contributed by atoms with E-state index in [-0.39, 0.29) is 0 Å². The van der Waals surface area contributed by atoms with E-state index < -0.39 is 0 Å². The van der Waals surface area contributed by atoms with Crippen molar-refractivity contribution >= 4 is 23.4 Å². The molecule has 0 spiro atoms. The van der Waals surface area contributed by atoms with Crippen LogP contribution in [0.25, 0.3) is 0 Å². The van der Waals surface area contributed by atoms with Crippen molar-refractivity contribution in [2.24, 2.45) is 0 Å². The van der Waals surface area contributed by atoms with Gasteiger partial charge in [0.2, 0.25) is 0 Å². The van der Waals surface area contributed by atoms with Crippen molar-refractivity contribution in [1.29, 1.82) is 0 Å². The predicted molar refractivity (Wildman–Crippen MR) is 86.2 cm³/mol. The molecule has 0 bridgehead atoms. The first-order chi connectivity index (χ1) is 9.20. The van der Waals surface area contributed by atoms with Crippen LogP contribution in [0.2, 0.25) is 5.02 Å². The number of halogens is 1. The van der Waals surface area contributed by atoms with Gasteiger partial charge in [0.05, 0.1) is 0 Å². The number of thioether (sulfide) groups is 1. The van der Waals surface area contributed by atoms with Crippen molar-refractivity contribution in [3.05, 3.63) is 34.9 Å². The Morgan fingerprint density at radius 2 is 2.16 bits per heavy atom. The van der Waals surface area contributed by atoms with Crippen molar-refractivity contribution < 1.29 is 0 Å². The summed E-state index contributed by atoms with van der Waals surface area (Å²) in [6, 6.07) is 9.32. The Morgan fingerprint density at radius 3 is 2.79 bits per heavy atom. The van der Waals surface area contributed by atoms with E-state index in [9.17, 15) is 0 Å². The minimum absolute atomic E-state index is 0.416. The highest BCUT2D eigenvalue weighted by Crippen LogP contribution is 2.22. The summed E-state index contributed by atoms with van der Waals surface area (Å²) in [4.78, 5) is 2.61. The molecular weight excluding hydrogens is 276 g/mol. The summed E-state index contributed by atoms with van der Waals surface area (Å²) < 4.78 is 0. The van der Waals surface area contributed by atoms with Crippen LogP contribution in [-0.4, -0.2) is 42.6 Å². The Balaban J connectivity index is 1.90. The molecule has 0 aliphatic carbocycles. The van der Waals surface area contributed by atoms with Crippen LogP contribution >= 0.6 is 23.4 Å². The van der Waals surface area contributed by atoms with Crippen molar-refractivity contribution in [2.75, 3.05) is 31.6 Å². The van der Waals surface area contributed by atoms with E-state index in [1.807, 2.05) is 19.2 Å². The highest BCUT2D eigenvalue weighted by molar-refractivity contribution is 7.99. The Hall–Kier alpha value is -0.220. The third kappa shape index (κ3) is 4.38. The topological polar surface area (TPSA) is 15.3 Å². The van der Waals surface area contributed by atoms with E-state index >= 15 is 0 Å². The first-order valence-electron chi connectivity index (χ1n) is 6.95. The summed E-state index contributed by atoms with van der Waals surface area (Å²) in [5.41, 5.74) is 1.32. The molecule has 2 unspecified atom stereocenters. The molecule has 0 aromatic heterocycles. The molecule has 4 heteroatoms. The van der Waals surface area contributed by atoms with Crippen LogP contribution in [0.15, 0.2) is 24.3 Å². The summed E-state index contributed by atoms with van der Waals surface area (Å²) in [6.07, 6.45) is 1.15. The van der Waals surface area contributed by atoms with Gasteiger partial charge in [0, 0.05) is 41.7 Å². The van der Waals surface area contributed by atoms with Gasteiger partial charge in [-0.15, -0.1) is 0 Å². The molecule has 2 rings (SSSR count). The van der Waals surface area contributed by atoms with E-state index in [0.29, 0.717) is 12.1 Å². The van der Waals surface area contributed by atoms with E-state index in [1.54, 1.807) is 0 Å². The van der Waals surface area contributed by atoms with Crippen molar-refractivity contribution in [3.8, 4) is 0 Å². The molecule has 1 fully saturated rings. The molecule has 1 heterocycles. The number of nitrogens with zero attached hydrogens (tertiary/aromatic N) is 1. The molecule has 2 atom stereocenters. The largest absolute Gasteiger partial charge is 0.313 e. The quantitative estimate of drug-likeness (QED) is 0.896. The highest BCUT2D eigenvalue weighted by atomic mass is 35.5. The zero-order chi connectivity index (χ0) is 13.7. The van der Waals surface area contributed by atoms with Gasteiger partial charge in [0.1, 0.15) is 0 Å². The van der Waals surface area contributed by atoms with Crippen LogP contribution < -0.4 is 5.32 Å². The van der Waals surface area contributed by atoms with Crippen LogP contribution in [0.3, 0.4) is 0 Å². The second-order valence-electron chi connectivity index (χ2n) is 5.14. The van der Waals surface area contributed by atoms with Gasteiger partial charge in [-0.2, -0.15) is 11.8 Å². The molecule has 1 saturated heterocycles. The fourth-order valence-corrected chi connectivity index (χ4v) is 3.77. The first kappa shape index (κ1) is 15.2. The van der Waals surface area contributed by atoms with Crippen LogP contribution in [-0.2, 0) is 0 Å². The normalized spacial score (nSPS) is 22.4. The maximum Gasteiger partial charge on any atom is 0.0406 e. The molecule has 0 radical (unpaired) electrons. The zero-order valence-electron chi connectivity index (χ0n) is 11.7. The number of hydrogen-bond donors (Lipinski definition) is 1. The lowest BCUT2D eigenvalue weighted by Gasteiger charge is -2.34. The van der Waals surface area contributed by atoms with E-state index in [2.05, 4.69) is 41.0 Å². The minimum atomic E-state index is 0.416. The van der Waals surface area contributed by atoms with Gasteiger partial charge in [-0.05, 0) is 38.1 Å². The smallest absolute Gasteiger partial charge is 0.0406 e. The summed E-state index contributed by atoms with van der Waals surface area (Å²) in [6.45, 7) is 4.72. The van der Waals surface area contributed by atoms with E-state index in [0.717, 1.165) is 18.0 Å². The SMILES string of the molecule is CNC(CCN1CCSCC1C)c1ccc(Cl)cc1. The average molecular weight is 299 g/mol. The Morgan fingerprint density at radius 1 is 1.42 bits per heavy atom. The second kappa shape index (κ2) is 7.53. The molecule has 19 heavy (non-hydrogen) atoms. The molecule has 0 amide bonds.